The number of aryl methyl sites for hydroxylation is 1. The lowest BCUT2D eigenvalue weighted by Gasteiger charge is -2.21. The van der Waals surface area contributed by atoms with Crippen LogP contribution < -0.4 is 0 Å². The first-order chi connectivity index (χ1) is 11.8. The van der Waals surface area contributed by atoms with Crippen LogP contribution in [0.1, 0.15) is 17.5 Å². The Morgan fingerprint density at radius 3 is 2.17 bits per heavy atom. The molecule has 0 N–H and O–H groups in total. The summed E-state index contributed by atoms with van der Waals surface area (Å²) < 4.78 is 1.69. The summed E-state index contributed by atoms with van der Waals surface area (Å²) in [6.45, 7) is 1.83. The smallest absolute Gasteiger partial charge is 0.225 e. The van der Waals surface area contributed by atoms with Crippen LogP contribution in [0.3, 0.4) is 0 Å². The third-order valence-corrected chi connectivity index (χ3v) is 4.42. The zero-order chi connectivity index (χ0) is 16.4. The van der Waals surface area contributed by atoms with Crippen LogP contribution >= 0.6 is 0 Å². The van der Waals surface area contributed by atoms with Crippen LogP contribution in [0.25, 0.3) is 11.1 Å². The summed E-state index contributed by atoms with van der Waals surface area (Å²) >= 11 is 0. The molecular weight excluding hydrogens is 300 g/mol. The molecule has 0 saturated carbocycles. The summed E-state index contributed by atoms with van der Waals surface area (Å²) in [5.41, 5.74) is 4.83. The van der Waals surface area contributed by atoms with Crippen molar-refractivity contribution in [1.29, 1.82) is 0 Å². The second-order valence-corrected chi connectivity index (χ2v) is 5.97. The first kappa shape index (κ1) is 14.6. The van der Waals surface area contributed by atoms with Crippen LogP contribution in [0, 0.1) is 0 Å². The standard InChI is InChI=1S/C19H18N4O/c24-19(9-10-23-14-20-13-21-23)22-11-15-5-1-3-7-17(15)18-8-4-2-6-16(18)12-22/h1-8,13-14H,9-12H2. The van der Waals surface area contributed by atoms with Crippen LogP contribution in [0.2, 0.25) is 0 Å². The number of carbonyl (C=O) groups is 1. The highest BCUT2D eigenvalue weighted by molar-refractivity contribution is 5.79. The maximum absolute atomic E-state index is 12.7. The fraction of sp³-hybridized carbons (Fsp3) is 0.211. The molecule has 120 valence electrons. The van der Waals surface area contributed by atoms with Crippen molar-refractivity contribution in [3.63, 3.8) is 0 Å². The molecule has 0 radical (unpaired) electrons. The third-order valence-electron chi connectivity index (χ3n) is 4.42. The van der Waals surface area contributed by atoms with E-state index in [1.807, 2.05) is 17.0 Å². The van der Waals surface area contributed by atoms with E-state index in [1.54, 1.807) is 11.0 Å². The molecule has 2 aromatic carbocycles. The van der Waals surface area contributed by atoms with Crippen LogP contribution in [0.15, 0.2) is 61.2 Å². The fourth-order valence-electron chi connectivity index (χ4n) is 3.20. The Hall–Kier alpha value is -2.95. The molecule has 1 aromatic heterocycles. The summed E-state index contributed by atoms with van der Waals surface area (Å²) in [5.74, 6) is 0.136. The Kier molecular flexibility index (Phi) is 3.83. The van der Waals surface area contributed by atoms with E-state index in [-0.39, 0.29) is 5.91 Å². The van der Waals surface area contributed by atoms with Gasteiger partial charge in [-0.05, 0) is 22.3 Å². The monoisotopic (exact) mass is 318 g/mol. The van der Waals surface area contributed by atoms with Gasteiger partial charge in [-0.15, -0.1) is 0 Å². The van der Waals surface area contributed by atoms with Gasteiger partial charge in [-0.1, -0.05) is 48.5 Å². The molecule has 2 heterocycles. The van der Waals surface area contributed by atoms with Gasteiger partial charge in [-0.3, -0.25) is 9.48 Å². The Balaban J connectivity index is 1.61. The summed E-state index contributed by atoms with van der Waals surface area (Å²) in [6, 6.07) is 16.7. The summed E-state index contributed by atoms with van der Waals surface area (Å²) in [4.78, 5) is 18.6. The van der Waals surface area contributed by atoms with E-state index in [9.17, 15) is 4.79 Å². The minimum absolute atomic E-state index is 0.136. The van der Waals surface area contributed by atoms with Gasteiger partial charge in [0.05, 0.1) is 6.54 Å². The molecule has 1 amide bonds. The molecule has 1 aliphatic heterocycles. The van der Waals surface area contributed by atoms with Crippen LogP contribution in [-0.4, -0.2) is 25.6 Å². The zero-order valence-corrected chi connectivity index (χ0v) is 13.3. The summed E-state index contributed by atoms with van der Waals surface area (Å²) in [5, 5.41) is 4.06. The van der Waals surface area contributed by atoms with Crippen LogP contribution in [-0.2, 0) is 24.4 Å². The highest BCUT2D eigenvalue weighted by Crippen LogP contribution is 2.32. The predicted octanol–water partition coefficient (Wildman–Crippen LogP) is 2.88. The fourth-order valence-corrected chi connectivity index (χ4v) is 3.20. The van der Waals surface area contributed by atoms with Gasteiger partial charge in [-0.2, -0.15) is 5.10 Å². The average Bonchev–Trinajstić information content (AvgIpc) is 3.07. The van der Waals surface area contributed by atoms with Crippen LogP contribution in [0.4, 0.5) is 0 Å². The first-order valence-corrected chi connectivity index (χ1v) is 8.07. The number of aromatic nitrogens is 3. The quantitative estimate of drug-likeness (QED) is 0.746. The van der Waals surface area contributed by atoms with Crippen molar-refractivity contribution in [2.45, 2.75) is 26.1 Å². The Bertz CT molecular complexity index is 810. The Morgan fingerprint density at radius 2 is 1.58 bits per heavy atom. The van der Waals surface area contributed by atoms with Crippen molar-refractivity contribution in [3.8, 4) is 11.1 Å². The zero-order valence-electron chi connectivity index (χ0n) is 13.3. The van der Waals surface area contributed by atoms with Gasteiger partial charge in [0.2, 0.25) is 5.91 Å². The van der Waals surface area contributed by atoms with Gasteiger partial charge in [-0.25, -0.2) is 4.98 Å². The summed E-state index contributed by atoms with van der Waals surface area (Å²) in [7, 11) is 0. The first-order valence-electron chi connectivity index (χ1n) is 8.07. The van der Waals surface area contributed by atoms with Crippen molar-refractivity contribution in [2.75, 3.05) is 0 Å². The van der Waals surface area contributed by atoms with Gasteiger partial charge in [0, 0.05) is 19.5 Å². The molecule has 24 heavy (non-hydrogen) atoms. The highest BCUT2D eigenvalue weighted by Gasteiger charge is 2.22. The van der Waals surface area contributed by atoms with Gasteiger partial charge in [0.1, 0.15) is 12.7 Å². The van der Waals surface area contributed by atoms with Crippen molar-refractivity contribution in [2.24, 2.45) is 0 Å². The van der Waals surface area contributed by atoms with E-state index in [0.29, 0.717) is 26.1 Å². The number of benzene rings is 2. The van der Waals surface area contributed by atoms with E-state index < -0.39 is 0 Å². The predicted molar refractivity (Wildman–Crippen MR) is 90.8 cm³/mol. The number of amides is 1. The molecule has 0 saturated heterocycles. The number of rotatable bonds is 3. The van der Waals surface area contributed by atoms with E-state index in [2.05, 4.69) is 46.5 Å². The number of fused-ring (bicyclic) bond motifs is 3. The number of hydrogen-bond donors (Lipinski definition) is 0. The molecular formula is C19H18N4O. The second-order valence-electron chi connectivity index (χ2n) is 5.97. The topological polar surface area (TPSA) is 51.0 Å². The normalized spacial score (nSPS) is 13.1. The van der Waals surface area contributed by atoms with Gasteiger partial charge in [0.25, 0.3) is 0 Å². The van der Waals surface area contributed by atoms with E-state index in [4.69, 9.17) is 0 Å². The molecule has 0 spiro atoms. The molecule has 1 aliphatic rings. The van der Waals surface area contributed by atoms with Crippen LogP contribution in [0.5, 0.6) is 0 Å². The highest BCUT2D eigenvalue weighted by atomic mass is 16.2. The molecule has 0 bridgehead atoms. The lowest BCUT2D eigenvalue weighted by atomic mass is 9.97. The SMILES string of the molecule is O=C(CCn1cncn1)N1Cc2ccccc2-c2ccccc2C1. The molecule has 5 heteroatoms. The molecule has 0 aliphatic carbocycles. The van der Waals surface area contributed by atoms with Gasteiger partial charge >= 0.3 is 0 Å². The van der Waals surface area contributed by atoms with E-state index in [1.165, 1.54) is 28.6 Å². The largest absolute Gasteiger partial charge is 0.334 e. The molecule has 3 aromatic rings. The Labute approximate surface area is 140 Å². The van der Waals surface area contributed by atoms with Crippen molar-refractivity contribution >= 4 is 5.91 Å². The Morgan fingerprint density at radius 1 is 0.958 bits per heavy atom. The third kappa shape index (κ3) is 2.80. The van der Waals surface area contributed by atoms with Gasteiger partial charge in [0.15, 0.2) is 0 Å². The molecule has 0 fully saturated rings. The van der Waals surface area contributed by atoms with Gasteiger partial charge < -0.3 is 4.90 Å². The summed E-state index contributed by atoms with van der Waals surface area (Å²) in [6.07, 6.45) is 3.55. The second kappa shape index (κ2) is 6.28. The number of carbonyl (C=O) groups excluding carboxylic acids is 1. The maximum Gasteiger partial charge on any atom is 0.225 e. The average molecular weight is 318 g/mol. The molecule has 0 atom stereocenters. The van der Waals surface area contributed by atoms with E-state index in [0.717, 1.165) is 0 Å². The molecule has 0 unspecified atom stereocenters. The lowest BCUT2D eigenvalue weighted by Crippen LogP contribution is -2.30. The molecule has 4 rings (SSSR count). The number of nitrogens with zero attached hydrogens (tertiary/aromatic N) is 4. The lowest BCUT2D eigenvalue weighted by molar-refractivity contribution is -0.132. The van der Waals surface area contributed by atoms with E-state index >= 15 is 0 Å². The van der Waals surface area contributed by atoms with Crippen molar-refractivity contribution in [3.05, 3.63) is 72.3 Å². The maximum atomic E-state index is 12.7. The minimum atomic E-state index is 0.136. The number of hydrogen-bond acceptors (Lipinski definition) is 3. The van der Waals surface area contributed by atoms with Crippen molar-refractivity contribution < 1.29 is 4.79 Å². The van der Waals surface area contributed by atoms with Crippen molar-refractivity contribution in [1.82, 2.24) is 19.7 Å². The minimum Gasteiger partial charge on any atom is -0.334 e. The molecule has 5 nitrogen and oxygen atoms in total.